The molecule has 0 saturated heterocycles. The van der Waals surface area contributed by atoms with Crippen molar-refractivity contribution < 1.29 is 14.3 Å². The molecule has 5 nitrogen and oxygen atoms in total. The summed E-state index contributed by atoms with van der Waals surface area (Å²) in [5, 5.41) is 2.77. The highest BCUT2D eigenvalue weighted by atomic mass is 16.5. The zero-order valence-electron chi connectivity index (χ0n) is 14.0. The minimum Gasteiger partial charge on any atom is -0.496 e. The Labute approximate surface area is 142 Å². The number of rotatable bonds is 7. The van der Waals surface area contributed by atoms with Crippen molar-refractivity contribution in [3.05, 3.63) is 60.2 Å². The highest BCUT2D eigenvalue weighted by Gasteiger charge is 2.17. The van der Waals surface area contributed by atoms with Crippen molar-refractivity contribution >= 4 is 17.5 Å². The van der Waals surface area contributed by atoms with Gasteiger partial charge in [-0.15, -0.1) is 0 Å². The summed E-state index contributed by atoms with van der Waals surface area (Å²) in [6.45, 7) is 2.73. The smallest absolute Gasteiger partial charge is 0.236 e. The number of nitrogens with zero attached hydrogens (tertiary/aromatic N) is 1. The summed E-state index contributed by atoms with van der Waals surface area (Å²) in [5.74, 6) is 0.185. The van der Waals surface area contributed by atoms with Crippen molar-refractivity contribution in [2.45, 2.75) is 19.9 Å². The number of nitrogens with one attached hydrogen (secondary N) is 1. The molecule has 0 aliphatic rings. The average molecular weight is 326 g/mol. The second-order valence-electron chi connectivity index (χ2n) is 5.24. The zero-order valence-corrected chi connectivity index (χ0v) is 14.0. The van der Waals surface area contributed by atoms with E-state index in [1.54, 1.807) is 12.0 Å². The van der Waals surface area contributed by atoms with E-state index in [-0.39, 0.29) is 18.2 Å². The van der Waals surface area contributed by atoms with E-state index < -0.39 is 0 Å². The van der Waals surface area contributed by atoms with Gasteiger partial charge in [-0.1, -0.05) is 36.4 Å². The van der Waals surface area contributed by atoms with Gasteiger partial charge in [0, 0.05) is 24.3 Å². The number of carbonyl (C=O) groups excluding carboxylic acids is 2. The Morgan fingerprint density at radius 3 is 2.38 bits per heavy atom. The molecule has 0 aromatic heterocycles. The number of para-hydroxylation sites is 2. The molecule has 0 spiro atoms. The molecule has 2 aromatic rings. The van der Waals surface area contributed by atoms with Gasteiger partial charge in [0.1, 0.15) is 12.2 Å². The van der Waals surface area contributed by atoms with Crippen LogP contribution in [-0.2, 0) is 16.1 Å². The SMILES string of the molecule is CCN(C(=O)CC(=O)NCc1ccccc1OC)c1ccccc1. The predicted octanol–water partition coefficient (Wildman–Crippen LogP) is 2.75. The van der Waals surface area contributed by atoms with E-state index in [0.717, 1.165) is 11.3 Å². The van der Waals surface area contributed by atoms with Crippen LogP contribution in [0, 0.1) is 0 Å². The van der Waals surface area contributed by atoms with Gasteiger partial charge in [0.25, 0.3) is 0 Å². The van der Waals surface area contributed by atoms with Gasteiger partial charge in [-0.3, -0.25) is 9.59 Å². The Morgan fingerprint density at radius 1 is 1.04 bits per heavy atom. The molecular formula is C19H22N2O3. The standard InChI is InChI=1S/C19H22N2O3/c1-3-21(16-10-5-4-6-11-16)19(23)13-18(22)20-14-15-9-7-8-12-17(15)24-2/h4-12H,3,13-14H2,1-2H3,(H,20,22). The molecule has 0 unspecified atom stereocenters. The molecule has 126 valence electrons. The maximum absolute atomic E-state index is 12.4. The van der Waals surface area contributed by atoms with Crippen molar-refractivity contribution in [3.63, 3.8) is 0 Å². The average Bonchev–Trinajstić information content (AvgIpc) is 2.61. The number of hydrogen-bond acceptors (Lipinski definition) is 3. The summed E-state index contributed by atoms with van der Waals surface area (Å²) in [5.41, 5.74) is 1.67. The lowest BCUT2D eigenvalue weighted by molar-refractivity contribution is -0.128. The Balaban J connectivity index is 1.92. The van der Waals surface area contributed by atoms with Crippen molar-refractivity contribution in [1.29, 1.82) is 0 Å². The van der Waals surface area contributed by atoms with E-state index in [1.807, 2.05) is 61.5 Å². The largest absolute Gasteiger partial charge is 0.496 e. The summed E-state index contributed by atoms with van der Waals surface area (Å²) >= 11 is 0. The number of hydrogen-bond donors (Lipinski definition) is 1. The van der Waals surface area contributed by atoms with Crippen LogP contribution in [0.2, 0.25) is 0 Å². The number of methoxy groups -OCH3 is 1. The summed E-state index contributed by atoms with van der Waals surface area (Å²) in [6.07, 6.45) is -0.183. The highest BCUT2D eigenvalue weighted by Crippen LogP contribution is 2.17. The number of carbonyl (C=O) groups is 2. The van der Waals surface area contributed by atoms with E-state index in [4.69, 9.17) is 4.74 Å². The molecule has 0 radical (unpaired) electrons. The minimum absolute atomic E-state index is 0.183. The normalized spacial score (nSPS) is 10.1. The first-order valence-electron chi connectivity index (χ1n) is 7.89. The van der Waals surface area contributed by atoms with Crippen LogP contribution < -0.4 is 15.0 Å². The Kier molecular flexibility index (Phi) is 6.37. The van der Waals surface area contributed by atoms with Gasteiger partial charge in [-0.25, -0.2) is 0 Å². The van der Waals surface area contributed by atoms with Crippen molar-refractivity contribution in [2.24, 2.45) is 0 Å². The lowest BCUT2D eigenvalue weighted by Gasteiger charge is -2.20. The lowest BCUT2D eigenvalue weighted by Crippen LogP contribution is -2.35. The molecule has 2 aromatic carbocycles. The van der Waals surface area contributed by atoms with Crippen molar-refractivity contribution in [1.82, 2.24) is 5.32 Å². The molecule has 1 N–H and O–H groups in total. The summed E-state index contributed by atoms with van der Waals surface area (Å²) in [6, 6.07) is 16.8. The van der Waals surface area contributed by atoms with Crippen LogP contribution in [0.4, 0.5) is 5.69 Å². The monoisotopic (exact) mass is 326 g/mol. The molecule has 0 fully saturated rings. The van der Waals surface area contributed by atoms with E-state index in [0.29, 0.717) is 18.8 Å². The maximum atomic E-state index is 12.4. The fourth-order valence-electron chi connectivity index (χ4n) is 2.45. The third-order valence-electron chi connectivity index (χ3n) is 3.67. The van der Waals surface area contributed by atoms with Gasteiger partial charge in [0.05, 0.1) is 7.11 Å². The topological polar surface area (TPSA) is 58.6 Å². The first-order chi connectivity index (χ1) is 11.7. The number of ether oxygens (including phenoxy) is 1. The third kappa shape index (κ3) is 4.59. The molecule has 0 saturated carbocycles. The molecule has 0 aliphatic heterocycles. The fraction of sp³-hybridized carbons (Fsp3) is 0.263. The Bertz CT molecular complexity index is 686. The van der Waals surface area contributed by atoms with Crippen LogP contribution in [0.25, 0.3) is 0 Å². The van der Waals surface area contributed by atoms with Crippen LogP contribution in [0.5, 0.6) is 5.75 Å². The molecule has 0 atom stereocenters. The number of amides is 2. The van der Waals surface area contributed by atoms with Crippen molar-refractivity contribution in [3.8, 4) is 5.75 Å². The van der Waals surface area contributed by atoms with Crippen LogP contribution in [0.1, 0.15) is 18.9 Å². The quantitative estimate of drug-likeness (QED) is 0.796. The molecule has 0 heterocycles. The molecule has 5 heteroatoms. The summed E-state index contributed by atoms with van der Waals surface area (Å²) < 4.78 is 5.25. The number of anilines is 1. The lowest BCUT2D eigenvalue weighted by atomic mass is 10.2. The van der Waals surface area contributed by atoms with E-state index in [1.165, 1.54) is 0 Å². The summed E-state index contributed by atoms with van der Waals surface area (Å²) in [7, 11) is 1.59. The van der Waals surface area contributed by atoms with Crippen LogP contribution in [0.15, 0.2) is 54.6 Å². The van der Waals surface area contributed by atoms with Gasteiger partial charge < -0.3 is 15.0 Å². The van der Waals surface area contributed by atoms with Crippen LogP contribution >= 0.6 is 0 Å². The molecule has 0 aliphatic carbocycles. The van der Waals surface area contributed by atoms with Gasteiger partial charge in [0.2, 0.25) is 11.8 Å². The fourth-order valence-corrected chi connectivity index (χ4v) is 2.45. The van der Waals surface area contributed by atoms with Gasteiger partial charge in [-0.05, 0) is 25.1 Å². The minimum atomic E-state index is -0.305. The van der Waals surface area contributed by atoms with E-state index in [2.05, 4.69) is 5.32 Å². The highest BCUT2D eigenvalue weighted by molar-refractivity contribution is 6.04. The first-order valence-corrected chi connectivity index (χ1v) is 7.89. The summed E-state index contributed by atoms with van der Waals surface area (Å²) in [4.78, 5) is 26.0. The number of benzene rings is 2. The van der Waals surface area contributed by atoms with E-state index in [9.17, 15) is 9.59 Å². The second kappa shape index (κ2) is 8.72. The van der Waals surface area contributed by atoms with Gasteiger partial charge in [-0.2, -0.15) is 0 Å². The van der Waals surface area contributed by atoms with Gasteiger partial charge >= 0.3 is 0 Å². The van der Waals surface area contributed by atoms with Gasteiger partial charge in [0.15, 0.2) is 0 Å². The molecule has 0 bridgehead atoms. The second-order valence-corrected chi connectivity index (χ2v) is 5.24. The molecular weight excluding hydrogens is 304 g/mol. The molecule has 24 heavy (non-hydrogen) atoms. The van der Waals surface area contributed by atoms with E-state index >= 15 is 0 Å². The zero-order chi connectivity index (χ0) is 17.4. The Hall–Kier alpha value is -2.82. The first kappa shape index (κ1) is 17.5. The van der Waals surface area contributed by atoms with Crippen LogP contribution in [0.3, 0.4) is 0 Å². The molecule has 2 amide bonds. The molecule has 2 rings (SSSR count). The third-order valence-corrected chi connectivity index (χ3v) is 3.67. The van der Waals surface area contributed by atoms with Crippen molar-refractivity contribution in [2.75, 3.05) is 18.6 Å². The Morgan fingerprint density at radius 2 is 1.71 bits per heavy atom. The van der Waals surface area contributed by atoms with Crippen LogP contribution in [-0.4, -0.2) is 25.5 Å². The predicted molar refractivity (Wildman–Crippen MR) is 93.9 cm³/mol. The maximum Gasteiger partial charge on any atom is 0.236 e.